The number of halogens is 3. The Kier molecular flexibility index (Phi) is 9.94. The van der Waals surface area contributed by atoms with E-state index in [4.69, 9.17) is 23.2 Å². The van der Waals surface area contributed by atoms with Crippen molar-refractivity contribution in [3.05, 3.63) is 93.5 Å². The Morgan fingerprint density at radius 1 is 1.03 bits per heavy atom. The molecule has 6 nitrogen and oxygen atoms in total. The Balaban J connectivity index is 0.00000408. The first-order chi connectivity index (χ1) is 15.6. The maximum atomic E-state index is 13.0. The second-order valence-electron chi connectivity index (χ2n) is 7.65. The SMILES string of the molecule is CC(Cc1ccc(S(=O)(=O)c2cccc(Cl)c2C(=O)O)cc1)NC[C@@H](O)c1cccc(Cl)c1.Cl. The van der Waals surface area contributed by atoms with Gasteiger partial charge in [-0.3, -0.25) is 0 Å². The largest absolute Gasteiger partial charge is 0.478 e. The van der Waals surface area contributed by atoms with Crippen LogP contribution in [0.25, 0.3) is 0 Å². The molecule has 0 aliphatic heterocycles. The van der Waals surface area contributed by atoms with Crippen LogP contribution in [0.4, 0.5) is 0 Å². The lowest BCUT2D eigenvalue weighted by molar-refractivity contribution is 0.0693. The number of carbonyl (C=O) groups is 1. The number of rotatable bonds is 9. The molecule has 182 valence electrons. The van der Waals surface area contributed by atoms with Crippen molar-refractivity contribution < 1.29 is 23.4 Å². The molecule has 34 heavy (non-hydrogen) atoms. The van der Waals surface area contributed by atoms with Crippen LogP contribution >= 0.6 is 35.6 Å². The molecule has 0 saturated carbocycles. The molecule has 10 heteroatoms. The van der Waals surface area contributed by atoms with Gasteiger partial charge in [0.2, 0.25) is 9.84 Å². The summed E-state index contributed by atoms with van der Waals surface area (Å²) in [7, 11) is -4.06. The Morgan fingerprint density at radius 3 is 2.29 bits per heavy atom. The smallest absolute Gasteiger partial charge is 0.338 e. The van der Waals surface area contributed by atoms with Crippen LogP contribution in [0.1, 0.15) is 34.5 Å². The molecule has 0 bridgehead atoms. The molecule has 0 aromatic heterocycles. The van der Waals surface area contributed by atoms with Gasteiger partial charge in [-0.25, -0.2) is 13.2 Å². The minimum Gasteiger partial charge on any atom is -0.478 e. The van der Waals surface area contributed by atoms with Gasteiger partial charge in [0.15, 0.2) is 0 Å². The monoisotopic (exact) mass is 543 g/mol. The topological polar surface area (TPSA) is 104 Å². The molecule has 0 saturated heterocycles. The van der Waals surface area contributed by atoms with Crippen molar-refractivity contribution >= 4 is 51.4 Å². The number of aliphatic hydroxyl groups is 1. The predicted octanol–water partition coefficient (Wildman–Crippen LogP) is 5.20. The number of hydrogen-bond acceptors (Lipinski definition) is 5. The van der Waals surface area contributed by atoms with E-state index in [1.807, 2.05) is 6.92 Å². The van der Waals surface area contributed by atoms with Crippen molar-refractivity contribution in [1.82, 2.24) is 5.32 Å². The van der Waals surface area contributed by atoms with E-state index in [1.54, 1.807) is 36.4 Å². The summed E-state index contributed by atoms with van der Waals surface area (Å²) in [6.07, 6.45) is -0.111. The van der Waals surface area contributed by atoms with Crippen molar-refractivity contribution in [2.75, 3.05) is 6.54 Å². The average molecular weight is 545 g/mol. The van der Waals surface area contributed by atoms with E-state index in [1.165, 1.54) is 30.3 Å². The van der Waals surface area contributed by atoms with Crippen LogP contribution in [0, 0.1) is 0 Å². The molecular weight excluding hydrogens is 521 g/mol. The zero-order valence-electron chi connectivity index (χ0n) is 18.1. The lowest BCUT2D eigenvalue weighted by atomic mass is 10.1. The third-order valence-corrected chi connectivity index (χ3v) is 7.51. The highest BCUT2D eigenvalue weighted by Gasteiger charge is 2.26. The van der Waals surface area contributed by atoms with E-state index < -0.39 is 27.5 Å². The first kappa shape index (κ1) is 28.1. The highest BCUT2D eigenvalue weighted by molar-refractivity contribution is 7.91. The maximum Gasteiger partial charge on any atom is 0.338 e. The van der Waals surface area contributed by atoms with Gasteiger partial charge < -0.3 is 15.5 Å². The fourth-order valence-electron chi connectivity index (χ4n) is 3.44. The van der Waals surface area contributed by atoms with Gasteiger partial charge in [0.1, 0.15) is 0 Å². The Labute approximate surface area is 214 Å². The first-order valence-corrected chi connectivity index (χ1v) is 12.4. The zero-order chi connectivity index (χ0) is 24.2. The van der Waals surface area contributed by atoms with Gasteiger partial charge in [-0.2, -0.15) is 0 Å². The fraction of sp³-hybridized carbons (Fsp3) is 0.208. The number of carboxylic acid groups (broad SMARTS) is 1. The lowest BCUT2D eigenvalue weighted by Crippen LogP contribution is -2.32. The number of carboxylic acids is 1. The van der Waals surface area contributed by atoms with Gasteiger partial charge in [0, 0.05) is 17.6 Å². The number of benzene rings is 3. The number of aromatic carboxylic acids is 1. The molecule has 0 spiro atoms. The van der Waals surface area contributed by atoms with E-state index in [0.717, 1.165) is 11.1 Å². The van der Waals surface area contributed by atoms with Crippen molar-refractivity contribution in [2.45, 2.75) is 35.3 Å². The molecule has 3 rings (SSSR count). The summed E-state index contributed by atoms with van der Waals surface area (Å²) in [5.41, 5.74) is 1.16. The van der Waals surface area contributed by atoms with Gasteiger partial charge in [-0.15, -0.1) is 12.4 Å². The number of sulfone groups is 1. The van der Waals surface area contributed by atoms with E-state index in [-0.39, 0.29) is 33.3 Å². The van der Waals surface area contributed by atoms with Crippen molar-refractivity contribution in [1.29, 1.82) is 0 Å². The predicted molar refractivity (Wildman–Crippen MR) is 135 cm³/mol. The molecule has 2 atom stereocenters. The van der Waals surface area contributed by atoms with Crippen LogP contribution in [-0.2, 0) is 16.3 Å². The minimum atomic E-state index is -4.06. The quantitative estimate of drug-likeness (QED) is 0.342. The third kappa shape index (κ3) is 6.72. The summed E-state index contributed by atoms with van der Waals surface area (Å²) < 4.78 is 26.0. The second-order valence-corrected chi connectivity index (χ2v) is 10.4. The van der Waals surface area contributed by atoms with Gasteiger partial charge in [0.25, 0.3) is 0 Å². The normalized spacial score (nSPS) is 13.1. The Hall–Kier alpha value is -2.13. The molecule has 0 fully saturated rings. The molecule has 1 unspecified atom stereocenters. The summed E-state index contributed by atoms with van der Waals surface area (Å²) in [6.45, 7) is 2.29. The number of hydrogen-bond donors (Lipinski definition) is 3. The van der Waals surface area contributed by atoms with E-state index in [9.17, 15) is 23.4 Å². The molecule has 3 aromatic rings. The molecule has 0 amide bonds. The summed E-state index contributed by atoms with van der Waals surface area (Å²) in [4.78, 5) is 11.2. The van der Waals surface area contributed by atoms with Crippen LogP contribution in [-0.4, -0.2) is 37.2 Å². The van der Waals surface area contributed by atoms with Crippen molar-refractivity contribution in [3.8, 4) is 0 Å². The summed E-state index contributed by atoms with van der Waals surface area (Å²) in [5, 5.41) is 23.4. The standard InChI is InChI=1S/C24H23Cl2NO5S.ClH/c1-15(27-14-21(28)17-4-2-5-18(25)13-17)12-16-8-10-19(11-9-16)33(31,32)22-7-3-6-20(26)23(22)24(29)30;/h2-11,13,15,21,27-28H,12,14H2,1H3,(H,29,30);1H/t15?,21-;/m1./s1. The molecule has 0 aliphatic carbocycles. The lowest BCUT2D eigenvalue weighted by Gasteiger charge is -2.18. The summed E-state index contributed by atoms with van der Waals surface area (Å²) in [5.74, 6) is -1.41. The Bertz CT molecular complexity index is 1250. The highest BCUT2D eigenvalue weighted by atomic mass is 35.5. The zero-order valence-corrected chi connectivity index (χ0v) is 21.3. The summed E-state index contributed by atoms with van der Waals surface area (Å²) in [6, 6.07) is 17.3. The minimum absolute atomic E-state index is 0. The fourth-order valence-corrected chi connectivity index (χ4v) is 5.42. The van der Waals surface area contributed by atoms with E-state index in [0.29, 0.717) is 18.0 Å². The van der Waals surface area contributed by atoms with Gasteiger partial charge >= 0.3 is 5.97 Å². The van der Waals surface area contributed by atoms with Crippen molar-refractivity contribution in [2.24, 2.45) is 0 Å². The van der Waals surface area contributed by atoms with Gasteiger partial charge in [-0.05, 0) is 60.9 Å². The van der Waals surface area contributed by atoms with Gasteiger partial charge in [-0.1, -0.05) is 53.5 Å². The van der Waals surface area contributed by atoms with Gasteiger partial charge in [0.05, 0.1) is 26.5 Å². The third-order valence-electron chi connectivity index (χ3n) is 5.15. The van der Waals surface area contributed by atoms with Crippen LogP contribution in [0.3, 0.4) is 0 Å². The van der Waals surface area contributed by atoms with Crippen LogP contribution < -0.4 is 5.32 Å². The van der Waals surface area contributed by atoms with Crippen LogP contribution in [0.15, 0.2) is 76.5 Å². The van der Waals surface area contributed by atoms with Crippen LogP contribution in [0.2, 0.25) is 10.0 Å². The molecule has 0 heterocycles. The molecule has 3 aromatic carbocycles. The number of aliphatic hydroxyl groups excluding tert-OH is 1. The summed E-state index contributed by atoms with van der Waals surface area (Å²) >= 11 is 11.9. The Morgan fingerprint density at radius 2 is 1.68 bits per heavy atom. The second kappa shape index (κ2) is 12.0. The average Bonchev–Trinajstić information content (AvgIpc) is 2.77. The molecule has 0 aliphatic rings. The molecule has 3 N–H and O–H groups in total. The highest BCUT2D eigenvalue weighted by Crippen LogP contribution is 2.29. The van der Waals surface area contributed by atoms with E-state index >= 15 is 0 Å². The van der Waals surface area contributed by atoms with Crippen molar-refractivity contribution in [3.63, 3.8) is 0 Å². The first-order valence-electron chi connectivity index (χ1n) is 10.1. The molecular formula is C24H24Cl3NO5S. The maximum absolute atomic E-state index is 13.0. The molecule has 0 radical (unpaired) electrons. The van der Waals surface area contributed by atoms with Crippen LogP contribution in [0.5, 0.6) is 0 Å². The number of nitrogens with one attached hydrogen (secondary N) is 1. The van der Waals surface area contributed by atoms with E-state index in [2.05, 4.69) is 5.32 Å².